The van der Waals surface area contributed by atoms with Crippen LogP contribution in [0.3, 0.4) is 0 Å². The summed E-state index contributed by atoms with van der Waals surface area (Å²) < 4.78 is 5.79. The molecule has 0 saturated carbocycles. The number of amides is 2. The average Bonchev–Trinajstić information content (AvgIpc) is 3.25. The number of aromatic nitrogens is 1. The zero-order valence-electron chi connectivity index (χ0n) is 15.6. The fraction of sp³-hybridized carbons (Fsp3) is 0.217. The second kappa shape index (κ2) is 8.57. The highest BCUT2D eigenvalue weighted by atomic mass is 16.5. The van der Waals surface area contributed by atoms with E-state index in [1.165, 1.54) is 5.56 Å². The standard InChI is InChI=1S/C23H23N3O2/c27-23(26-14-12-20(17-26)19-5-4-13-24-16-19)25-15-18-8-10-22(11-9-18)28-21-6-2-1-3-7-21/h1-11,13,16,20H,12,14-15,17H2,(H,25,27). The lowest BCUT2D eigenvalue weighted by Gasteiger charge is -2.17. The van der Waals surface area contributed by atoms with Gasteiger partial charge in [-0.05, 0) is 47.9 Å². The number of para-hydroxylation sites is 1. The van der Waals surface area contributed by atoms with Crippen molar-refractivity contribution in [3.05, 3.63) is 90.3 Å². The first-order valence-corrected chi connectivity index (χ1v) is 9.52. The number of carbonyl (C=O) groups excluding carboxylic acids is 1. The molecule has 1 aliphatic rings. The molecule has 1 unspecified atom stereocenters. The van der Waals surface area contributed by atoms with Gasteiger partial charge < -0.3 is 15.0 Å². The number of pyridine rings is 1. The van der Waals surface area contributed by atoms with Crippen LogP contribution in [0.25, 0.3) is 0 Å². The topological polar surface area (TPSA) is 54.5 Å². The Balaban J connectivity index is 1.27. The van der Waals surface area contributed by atoms with Crippen LogP contribution in [0.1, 0.15) is 23.5 Å². The third-order valence-corrected chi connectivity index (χ3v) is 4.98. The molecule has 2 aromatic carbocycles. The summed E-state index contributed by atoms with van der Waals surface area (Å²) in [6, 6.07) is 21.5. The van der Waals surface area contributed by atoms with E-state index in [2.05, 4.69) is 16.4 Å². The van der Waals surface area contributed by atoms with Crippen molar-refractivity contribution in [3.63, 3.8) is 0 Å². The third kappa shape index (κ3) is 4.49. The molecule has 1 saturated heterocycles. The maximum Gasteiger partial charge on any atom is 0.317 e. The van der Waals surface area contributed by atoms with Gasteiger partial charge in [0.2, 0.25) is 0 Å². The van der Waals surface area contributed by atoms with Gasteiger partial charge in [0, 0.05) is 37.9 Å². The zero-order valence-corrected chi connectivity index (χ0v) is 15.6. The van der Waals surface area contributed by atoms with Gasteiger partial charge in [0.05, 0.1) is 0 Å². The van der Waals surface area contributed by atoms with Crippen molar-refractivity contribution in [3.8, 4) is 11.5 Å². The Bertz CT molecular complexity index is 898. The van der Waals surface area contributed by atoms with Crippen molar-refractivity contribution in [1.29, 1.82) is 0 Å². The Kier molecular flexibility index (Phi) is 5.52. The number of hydrogen-bond acceptors (Lipinski definition) is 3. The van der Waals surface area contributed by atoms with E-state index >= 15 is 0 Å². The summed E-state index contributed by atoms with van der Waals surface area (Å²) >= 11 is 0. The number of rotatable bonds is 5. The monoisotopic (exact) mass is 373 g/mol. The quantitative estimate of drug-likeness (QED) is 0.713. The molecule has 0 aliphatic carbocycles. The van der Waals surface area contributed by atoms with Crippen LogP contribution in [0.15, 0.2) is 79.1 Å². The van der Waals surface area contributed by atoms with E-state index in [0.29, 0.717) is 12.5 Å². The van der Waals surface area contributed by atoms with Gasteiger partial charge in [0.1, 0.15) is 11.5 Å². The summed E-state index contributed by atoms with van der Waals surface area (Å²) in [7, 11) is 0. The number of likely N-dealkylation sites (tertiary alicyclic amines) is 1. The van der Waals surface area contributed by atoms with Gasteiger partial charge in [-0.1, -0.05) is 36.4 Å². The molecule has 0 bridgehead atoms. The van der Waals surface area contributed by atoms with Gasteiger partial charge >= 0.3 is 6.03 Å². The van der Waals surface area contributed by atoms with E-state index in [4.69, 9.17) is 4.74 Å². The Hall–Kier alpha value is -3.34. The molecule has 1 aliphatic heterocycles. The highest BCUT2D eigenvalue weighted by Gasteiger charge is 2.27. The highest BCUT2D eigenvalue weighted by Crippen LogP contribution is 2.26. The molecule has 0 spiro atoms. The van der Waals surface area contributed by atoms with Gasteiger partial charge in [-0.15, -0.1) is 0 Å². The van der Waals surface area contributed by atoms with Crippen LogP contribution in [0.4, 0.5) is 4.79 Å². The van der Waals surface area contributed by atoms with E-state index in [1.54, 1.807) is 6.20 Å². The van der Waals surface area contributed by atoms with Crippen LogP contribution < -0.4 is 10.1 Å². The minimum atomic E-state index is -0.0176. The Labute approximate surface area is 165 Å². The maximum absolute atomic E-state index is 12.5. The fourth-order valence-corrected chi connectivity index (χ4v) is 3.42. The summed E-state index contributed by atoms with van der Waals surface area (Å²) in [5.41, 5.74) is 2.24. The van der Waals surface area contributed by atoms with Gasteiger partial charge in [0.25, 0.3) is 0 Å². The van der Waals surface area contributed by atoms with Crippen molar-refractivity contribution in [1.82, 2.24) is 15.2 Å². The molecule has 142 valence electrons. The zero-order chi connectivity index (χ0) is 19.2. The fourth-order valence-electron chi connectivity index (χ4n) is 3.42. The van der Waals surface area contributed by atoms with Crippen molar-refractivity contribution in [2.24, 2.45) is 0 Å². The minimum Gasteiger partial charge on any atom is -0.457 e. The van der Waals surface area contributed by atoms with E-state index in [-0.39, 0.29) is 6.03 Å². The van der Waals surface area contributed by atoms with Crippen molar-refractivity contribution < 1.29 is 9.53 Å². The average molecular weight is 373 g/mol. The first kappa shape index (κ1) is 18.0. The van der Waals surface area contributed by atoms with Gasteiger partial charge in [-0.25, -0.2) is 4.79 Å². The Morgan fingerprint density at radius 1 is 1.04 bits per heavy atom. The molecule has 2 heterocycles. The highest BCUT2D eigenvalue weighted by molar-refractivity contribution is 5.74. The number of ether oxygens (including phenoxy) is 1. The number of urea groups is 1. The molecule has 1 aromatic heterocycles. The molecule has 0 radical (unpaired) electrons. The van der Waals surface area contributed by atoms with Gasteiger partial charge in [-0.2, -0.15) is 0 Å². The summed E-state index contributed by atoms with van der Waals surface area (Å²) in [6.45, 7) is 2.01. The second-order valence-corrected chi connectivity index (χ2v) is 6.94. The number of benzene rings is 2. The number of nitrogens with zero attached hydrogens (tertiary/aromatic N) is 2. The first-order chi connectivity index (χ1) is 13.8. The van der Waals surface area contributed by atoms with Crippen LogP contribution in [-0.4, -0.2) is 29.0 Å². The van der Waals surface area contributed by atoms with E-state index in [0.717, 1.165) is 36.6 Å². The molecule has 5 heteroatoms. The van der Waals surface area contributed by atoms with Crippen LogP contribution in [0, 0.1) is 0 Å². The Morgan fingerprint density at radius 3 is 2.57 bits per heavy atom. The van der Waals surface area contributed by atoms with E-state index in [9.17, 15) is 4.79 Å². The minimum absolute atomic E-state index is 0.0176. The number of nitrogens with one attached hydrogen (secondary N) is 1. The lowest BCUT2D eigenvalue weighted by Crippen LogP contribution is -2.37. The number of carbonyl (C=O) groups is 1. The molecule has 5 nitrogen and oxygen atoms in total. The molecule has 1 atom stereocenters. The van der Waals surface area contributed by atoms with Gasteiger partial charge in [0.15, 0.2) is 0 Å². The molecular formula is C23H23N3O2. The molecule has 1 N–H and O–H groups in total. The molecule has 4 rings (SSSR count). The van der Waals surface area contributed by atoms with Crippen molar-refractivity contribution in [2.45, 2.75) is 18.9 Å². The lowest BCUT2D eigenvalue weighted by atomic mass is 10.0. The molecule has 28 heavy (non-hydrogen) atoms. The molecule has 2 amide bonds. The summed E-state index contributed by atoms with van der Waals surface area (Å²) in [5, 5.41) is 3.01. The summed E-state index contributed by atoms with van der Waals surface area (Å²) in [6.07, 6.45) is 4.65. The summed E-state index contributed by atoms with van der Waals surface area (Å²) in [5.74, 6) is 1.95. The molecule has 3 aromatic rings. The SMILES string of the molecule is O=C(NCc1ccc(Oc2ccccc2)cc1)N1CCC(c2cccnc2)C1. The third-order valence-electron chi connectivity index (χ3n) is 4.98. The Morgan fingerprint density at radius 2 is 1.82 bits per heavy atom. The van der Waals surface area contributed by atoms with Crippen LogP contribution in [-0.2, 0) is 6.54 Å². The largest absolute Gasteiger partial charge is 0.457 e. The normalized spacial score (nSPS) is 16.0. The maximum atomic E-state index is 12.5. The first-order valence-electron chi connectivity index (χ1n) is 9.52. The van der Waals surface area contributed by atoms with Crippen LogP contribution in [0.5, 0.6) is 11.5 Å². The predicted molar refractivity (Wildman–Crippen MR) is 108 cm³/mol. The molecular weight excluding hydrogens is 350 g/mol. The van der Waals surface area contributed by atoms with Crippen molar-refractivity contribution in [2.75, 3.05) is 13.1 Å². The second-order valence-electron chi connectivity index (χ2n) is 6.94. The van der Waals surface area contributed by atoms with Gasteiger partial charge in [-0.3, -0.25) is 4.98 Å². The predicted octanol–water partition coefficient (Wildman–Crippen LogP) is 4.57. The molecule has 1 fully saturated rings. The number of hydrogen-bond donors (Lipinski definition) is 1. The van der Waals surface area contributed by atoms with Crippen LogP contribution in [0.2, 0.25) is 0 Å². The van der Waals surface area contributed by atoms with Crippen molar-refractivity contribution >= 4 is 6.03 Å². The van der Waals surface area contributed by atoms with Crippen LogP contribution >= 0.6 is 0 Å². The van der Waals surface area contributed by atoms with E-state index in [1.807, 2.05) is 71.8 Å². The van der Waals surface area contributed by atoms with E-state index < -0.39 is 0 Å². The smallest absolute Gasteiger partial charge is 0.317 e. The lowest BCUT2D eigenvalue weighted by molar-refractivity contribution is 0.208. The summed E-state index contributed by atoms with van der Waals surface area (Å²) in [4.78, 5) is 18.5.